The van der Waals surface area contributed by atoms with E-state index < -0.39 is 16.1 Å². The second-order valence-electron chi connectivity index (χ2n) is 6.86. The molecule has 2 aromatic heterocycles. The number of aryl methyl sites for hydroxylation is 1. The van der Waals surface area contributed by atoms with Gasteiger partial charge in [0.05, 0.1) is 10.6 Å². The number of urea groups is 1. The van der Waals surface area contributed by atoms with E-state index >= 15 is 0 Å². The molecule has 4 rings (SSSR count). The first-order valence-electron chi connectivity index (χ1n) is 9.11. The minimum Gasteiger partial charge on any atom is -0.307 e. The lowest BCUT2D eigenvalue weighted by atomic mass is 10.1. The lowest BCUT2D eigenvalue weighted by molar-refractivity contribution is 0.262. The van der Waals surface area contributed by atoms with E-state index in [0.717, 1.165) is 29.7 Å². The topological polar surface area (TPSA) is 100 Å². The van der Waals surface area contributed by atoms with Crippen molar-refractivity contribution < 1.29 is 13.2 Å². The zero-order valence-corrected chi connectivity index (χ0v) is 17.3. The number of anilines is 2. The SMILES string of the molecule is Cc1cccc(NC(=O)Nc2cc(S(=O)(=O)NC3CC3)ccc2-c2ccsc2)n1. The lowest BCUT2D eigenvalue weighted by Gasteiger charge is -2.14. The number of carbonyl (C=O) groups is 1. The zero-order valence-electron chi connectivity index (χ0n) is 15.7. The van der Waals surface area contributed by atoms with Gasteiger partial charge in [-0.05, 0) is 66.4 Å². The van der Waals surface area contributed by atoms with Crippen LogP contribution >= 0.6 is 11.3 Å². The van der Waals surface area contributed by atoms with Crippen LogP contribution in [0.5, 0.6) is 0 Å². The van der Waals surface area contributed by atoms with Crippen molar-refractivity contribution in [2.24, 2.45) is 0 Å². The standard InChI is InChI=1S/C20H20N4O3S2/c1-13-3-2-4-19(21-13)23-20(25)22-18-11-16(29(26,27)24-15-5-6-15)7-8-17(18)14-9-10-28-12-14/h2-4,7-12,15,24H,5-6H2,1H3,(H2,21,22,23,25). The van der Waals surface area contributed by atoms with Crippen LogP contribution in [0.25, 0.3) is 11.1 Å². The largest absolute Gasteiger partial charge is 0.324 e. The Balaban J connectivity index is 1.63. The normalized spacial score (nSPS) is 13.8. The summed E-state index contributed by atoms with van der Waals surface area (Å²) in [6, 6.07) is 11.5. The number of aromatic nitrogens is 1. The molecule has 3 aromatic rings. The molecule has 0 atom stereocenters. The van der Waals surface area contributed by atoms with Crippen LogP contribution in [0, 0.1) is 6.92 Å². The van der Waals surface area contributed by atoms with E-state index in [1.807, 2.05) is 29.8 Å². The summed E-state index contributed by atoms with van der Waals surface area (Å²) < 4.78 is 27.9. The van der Waals surface area contributed by atoms with Gasteiger partial charge in [0.2, 0.25) is 10.0 Å². The van der Waals surface area contributed by atoms with Gasteiger partial charge >= 0.3 is 6.03 Å². The number of amides is 2. The molecule has 1 saturated carbocycles. The maximum atomic E-state index is 12.6. The predicted octanol–water partition coefficient (Wildman–Crippen LogP) is 4.20. The molecular formula is C20H20N4O3S2. The second kappa shape index (κ2) is 7.94. The van der Waals surface area contributed by atoms with E-state index in [-0.39, 0.29) is 10.9 Å². The number of benzene rings is 1. The number of hydrogen-bond donors (Lipinski definition) is 3. The molecule has 2 amide bonds. The van der Waals surface area contributed by atoms with Crippen LogP contribution in [-0.2, 0) is 10.0 Å². The highest BCUT2D eigenvalue weighted by Crippen LogP contribution is 2.32. The van der Waals surface area contributed by atoms with E-state index in [1.54, 1.807) is 24.3 Å². The van der Waals surface area contributed by atoms with Crippen LogP contribution < -0.4 is 15.4 Å². The number of hydrogen-bond acceptors (Lipinski definition) is 5. The zero-order chi connectivity index (χ0) is 20.4. The van der Waals surface area contributed by atoms with Crippen molar-refractivity contribution in [3.63, 3.8) is 0 Å². The number of nitrogens with one attached hydrogen (secondary N) is 3. The Kier molecular flexibility index (Phi) is 5.35. The Bertz CT molecular complexity index is 1140. The molecule has 150 valence electrons. The molecule has 7 nitrogen and oxygen atoms in total. The first kappa shape index (κ1) is 19.6. The van der Waals surface area contributed by atoms with Crippen molar-refractivity contribution in [3.05, 3.63) is 58.9 Å². The molecule has 0 unspecified atom stereocenters. The number of rotatable bonds is 6. The average Bonchev–Trinajstić information content (AvgIpc) is 3.29. The molecule has 0 aliphatic heterocycles. The van der Waals surface area contributed by atoms with Gasteiger partial charge in [-0.15, -0.1) is 0 Å². The molecular weight excluding hydrogens is 408 g/mol. The molecule has 0 radical (unpaired) electrons. The molecule has 29 heavy (non-hydrogen) atoms. The summed E-state index contributed by atoms with van der Waals surface area (Å²) in [5.74, 6) is 0.416. The Hall–Kier alpha value is -2.75. The highest BCUT2D eigenvalue weighted by molar-refractivity contribution is 7.89. The summed E-state index contributed by atoms with van der Waals surface area (Å²) >= 11 is 1.52. The van der Waals surface area contributed by atoms with Crippen LogP contribution in [0.3, 0.4) is 0 Å². The Labute approximate surface area is 173 Å². The molecule has 2 heterocycles. The quantitative estimate of drug-likeness (QED) is 0.548. The Morgan fingerprint density at radius 1 is 1.14 bits per heavy atom. The van der Waals surface area contributed by atoms with Crippen molar-refractivity contribution in [2.45, 2.75) is 30.7 Å². The van der Waals surface area contributed by atoms with Gasteiger partial charge in [0.1, 0.15) is 5.82 Å². The summed E-state index contributed by atoms with van der Waals surface area (Å²) in [5.41, 5.74) is 2.83. The number of sulfonamides is 1. The summed E-state index contributed by atoms with van der Waals surface area (Å²) in [6.07, 6.45) is 1.70. The van der Waals surface area contributed by atoms with Gasteiger partial charge in [0, 0.05) is 17.3 Å². The van der Waals surface area contributed by atoms with E-state index in [0.29, 0.717) is 11.5 Å². The molecule has 1 aliphatic carbocycles. The molecule has 0 bridgehead atoms. The third-order valence-corrected chi connectivity index (χ3v) is 6.61. The average molecular weight is 429 g/mol. The van der Waals surface area contributed by atoms with Crippen molar-refractivity contribution in [3.8, 4) is 11.1 Å². The van der Waals surface area contributed by atoms with Crippen molar-refractivity contribution in [2.75, 3.05) is 10.6 Å². The van der Waals surface area contributed by atoms with Gasteiger partial charge < -0.3 is 5.32 Å². The van der Waals surface area contributed by atoms with Crippen molar-refractivity contribution in [1.82, 2.24) is 9.71 Å². The highest BCUT2D eigenvalue weighted by atomic mass is 32.2. The van der Waals surface area contributed by atoms with E-state index in [4.69, 9.17) is 0 Å². The molecule has 0 spiro atoms. The molecule has 1 aliphatic rings. The minimum atomic E-state index is -3.64. The van der Waals surface area contributed by atoms with Gasteiger partial charge in [0.15, 0.2) is 0 Å². The van der Waals surface area contributed by atoms with Crippen LogP contribution in [0.15, 0.2) is 58.1 Å². The van der Waals surface area contributed by atoms with Crippen LogP contribution in [-0.4, -0.2) is 25.5 Å². The minimum absolute atomic E-state index is 0.00338. The van der Waals surface area contributed by atoms with Crippen LogP contribution in [0.2, 0.25) is 0 Å². The van der Waals surface area contributed by atoms with Gasteiger partial charge in [0.25, 0.3) is 0 Å². The molecule has 3 N–H and O–H groups in total. The number of nitrogens with zero attached hydrogens (tertiary/aromatic N) is 1. The van der Waals surface area contributed by atoms with E-state index in [1.165, 1.54) is 17.4 Å². The van der Waals surface area contributed by atoms with Gasteiger partial charge in [-0.2, -0.15) is 11.3 Å². The monoisotopic (exact) mass is 428 g/mol. The second-order valence-corrected chi connectivity index (χ2v) is 9.35. The number of carbonyl (C=O) groups excluding carboxylic acids is 1. The smallest absolute Gasteiger partial charge is 0.307 e. The summed E-state index contributed by atoms with van der Waals surface area (Å²) in [5, 5.41) is 9.32. The Morgan fingerprint density at radius 2 is 1.97 bits per heavy atom. The maximum Gasteiger partial charge on any atom is 0.324 e. The van der Waals surface area contributed by atoms with Gasteiger partial charge in [-0.25, -0.2) is 22.9 Å². The fraction of sp³-hybridized carbons (Fsp3) is 0.200. The first-order chi connectivity index (χ1) is 13.9. The highest BCUT2D eigenvalue weighted by Gasteiger charge is 2.28. The summed E-state index contributed by atoms with van der Waals surface area (Å²) in [4.78, 5) is 16.9. The van der Waals surface area contributed by atoms with E-state index in [9.17, 15) is 13.2 Å². The maximum absolute atomic E-state index is 12.6. The lowest BCUT2D eigenvalue weighted by Crippen LogP contribution is -2.26. The molecule has 9 heteroatoms. The molecule has 1 aromatic carbocycles. The van der Waals surface area contributed by atoms with Gasteiger partial charge in [-0.3, -0.25) is 5.32 Å². The fourth-order valence-electron chi connectivity index (χ4n) is 2.83. The summed E-state index contributed by atoms with van der Waals surface area (Å²) in [6.45, 7) is 1.83. The molecule has 1 fully saturated rings. The predicted molar refractivity (Wildman–Crippen MR) is 115 cm³/mol. The van der Waals surface area contributed by atoms with Crippen LogP contribution in [0.4, 0.5) is 16.3 Å². The van der Waals surface area contributed by atoms with E-state index in [2.05, 4.69) is 20.3 Å². The van der Waals surface area contributed by atoms with Crippen LogP contribution in [0.1, 0.15) is 18.5 Å². The number of pyridine rings is 1. The fourth-order valence-corrected chi connectivity index (χ4v) is 4.82. The van der Waals surface area contributed by atoms with Crippen molar-refractivity contribution >= 4 is 38.9 Å². The summed E-state index contributed by atoms with van der Waals surface area (Å²) in [7, 11) is -3.64. The van der Waals surface area contributed by atoms with Crippen molar-refractivity contribution in [1.29, 1.82) is 0 Å². The third kappa shape index (κ3) is 4.81. The number of thiophene rings is 1. The molecule has 0 saturated heterocycles. The third-order valence-electron chi connectivity index (χ3n) is 4.41. The Morgan fingerprint density at radius 3 is 2.66 bits per heavy atom. The van der Waals surface area contributed by atoms with Gasteiger partial charge in [-0.1, -0.05) is 12.1 Å². The first-order valence-corrected chi connectivity index (χ1v) is 11.5.